The fourth-order valence-electron chi connectivity index (χ4n) is 2.12. The number of rotatable bonds is 5. The van der Waals surface area contributed by atoms with Crippen molar-refractivity contribution in [2.24, 2.45) is 5.41 Å². The standard InChI is InChI=1S/C16H24O3/c1-10(2)13-8-12(9-16(4,5)15(17)18)11(3)7-14(13)19-6/h7-8,10H,9H2,1-6H3,(H,17,18). The molecule has 0 unspecified atom stereocenters. The fourth-order valence-corrected chi connectivity index (χ4v) is 2.12. The minimum absolute atomic E-state index is 0.349. The van der Waals surface area contributed by atoms with Crippen LogP contribution < -0.4 is 4.74 Å². The maximum absolute atomic E-state index is 11.3. The molecular formula is C16H24O3. The monoisotopic (exact) mass is 264 g/mol. The van der Waals surface area contributed by atoms with E-state index in [-0.39, 0.29) is 0 Å². The molecule has 0 saturated carbocycles. The number of benzene rings is 1. The Balaban J connectivity index is 3.22. The van der Waals surface area contributed by atoms with Crippen molar-refractivity contribution in [2.45, 2.75) is 47.0 Å². The molecule has 0 aliphatic heterocycles. The first-order valence-corrected chi connectivity index (χ1v) is 6.60. The molecule has 3 heteroatoms. The molecule has 0 spiro atoms. The molecule has 19 heavy (non-hydrogen) atoms. The Labute approximate surface area is 115 Å². The van der Waals surface area contributed by atoms with Crippen molar-refractivity contribution in [3.05, 3.63) is 28.8 Å². The summed E-state index contributed by atoms with van der Waals surface area (Å²) >= 11 is 0. The number of carbonyl (C=O) groups is 1. The highest BCUT2D eigenvalue weighted by molar-refractivity contribution is 5.74. The molecule has 0 fully saturated rings. The van der Waals surface area contributed by atoms with Gasteiger partial charge in [-0.3, -0.25) is 4.79 Å². The van der Waals surface area contributed by atoms with Crippen LogP contribution in [0.2, 0.25) is 0 Å². The van der Waals surface area contributed by atoms with E-state index in [2.05, 4.69) is 19.9 Å². The maximum Gasteiger partial charge on any atom is 0.309 e. The Kier molecular flexibility index (Phi) is 4.61. The summed E-state index contributed by atoms with van der Waals surface area (Å²) in [6, 6.07) is 4.09. The van der Waals surface area contributed by atoms with Gasteiger partial charge in [-0.1, -0.05) is 19.9 Å². The number of carboxylic acid groups (broad SMARTS) is 1. The molecule has 0 saturated heterocycles. The molecular weight excluding hydrogens is 240 g/mol. The molecule has 0 amide bonds. The lowest BCUT2D eigenvalue weighted by Crippen LogP contribution is -2.26. The van der Waals surface area contributed by atoms with Gasteiger partial charge in [0.2, 0.25) is 0 Å². The Morgan fingerprint density at radius 3 is 2.37 bits per heavy atom. The largest absolute Gasteiger partial charge is 0.496 e. The average molecular weight is 264 g/mol. The van der Waals surface area contributed by atoms with Crippen LogP contribution in [-0.2, 0) is 11.2 Å². The summed E-state index contributed by atoms with van der Waals surface area (Å²) in [6.07, 6.45) is 0.526. The molecule has 0 aliphatic rings. The second-order valence-corrected chi connectivity index (χ2v) is 6.04. The van der Waals surface area contributed by atoms with Crippen molar-refractivity contribution in [3.63, 3.8) is 0 Å². The van der Waals surface area contributed by atoms with Gasteiger partial charge in [0.05, 0.1) is 12.5 Å². The quantitative estimate of drug-likeness (QED) is 0.880. The first kappa shape index (κ1) is 15.5. The Morgan fingerprint density at radius 1 is 1.37 bits per heavy atom. The zero-order valence-corrected chi connectivity index (χ0v) is 12.7. The molecule has 0 atom stereocenters. The normalized spacial score (nSPS) is 11.7. The van der Waals surface area contributed by atoms with Gasteiger partial charge in [-0.05, 0) is 55.9 Å². The summed E-state index contributed by atoms with van der Waals surface area (Å²) in [5.74, 6) is 0.459. The van der Waals surface area contributed by atoms with Gasteiger partial charge in [-0.15, -0.1) is 0 Å². The van der Waals surface area contributed by atoms with Gasteiger partial charge >= 0.3 is 5.97 Å². The second-order valence-electron chi connectivity index (χ2n) is 6.04. The minimum Gasteiger partial charge on any atom is -0.496 e. The molecule has 1 rings (SSSR count). The lowest BCUT2D eigenvalue weighted by molar-refractivity contribution is -0.146. The van der Waals surface area contributed by atoms with Crippen LogP contribution >= 0.6 is 0 Å². The van der Waals surface area contributed by atoms with Crippen LogP contribution in [0.1, 0.15) is 50.3 Å². The molecule has 106 valence electrons. The third-order valence-corrected chi connectivity index (χ3v) is 3.52. The maximum atomic E-state index is 11.3. The van der Waals surface area contributed by atoms with Gasteiger partial charge in [-0.2, -0.15) is 0 Å². The molecule has 0 aromatic heterocycles. The highest BCUT2D eigenvalue weighted by Gasteiger charge is 2.28. The Bertz CT molecular complexity index is 473. The first-order valence-electron chi connectivity index (χ1n) is 6.60. The van der Waals surface area contributed by atoms with Crippen molar-refractivity contribution in [1.29, 1.82) is 0 Å². The molecule has 1 aromatic carbocycles. The van der Waals surface area contributed by atoms with E-state index < -0.39 is 11.4 Å². The predicted molar refractivity (Wildman–Crippen MR) is 76.9 cm³/mol. The van der Waals surface area contributed by atoms with Crippen LogP contribution in [0.5, 0.6) is 5.75 Å². The van der Waals surface area contributed by atoms with Gasteiger partial charge in [0, 0.05) is 0 Å². The van der Waals surface area contributed by atoms with Crippen molar-refractivity contribution < 1.29 is 14.6 Å². The summed E-state index contributed by atoms with van der Waals surface area (Å²) in [7, 11) is 1.67. The van der Waals surface area contributed by atoms with E-state index in [0.29, 0.717) is 12.3 Å². The number of methoxy groups -OCH3 is 1. The van der Waals surface area contributed by atoms with Crippen LogP contribution in [0.4, 0.5) is 0 Å². The zero-order chi connectivity index (χ0) is 14.8. The van der Waals surface area contributed by atoms with E-state index >= 15 is 0 Å². The molecule has 0 aliphatic carbocycles. The van der Waals surface area contributed by atoms with Gasteiger partial charge in [0.1, 0.15) is 5.75 Å². The number of aliphatic carboxylic acids is 1. The predicted octanol–water partition coefficient (Wildman–Crippen LogP) is 3.78. The summed E-state index contributed by atoms with van der Waals surface area (Å²) < 4.78 is 5.40. The topological polar surface area (TPSA) is 46.5 Å². The lowest BCUT2D eigenvalue weighted by Gasteiger charge is -2.22. The number of carboxylic acids is 1. The lowest BCUT2D eigenvalue weighted by atomic mass is 9.83. The van der Waals surface area contributed by atoms with Crippen LogP contribution in [0.3, 0.4) is 0 Å². The minimum atomic E-state index is -0.770. The van der Waals surface area contributed by atoms with Gasteiger partial charge in [0.25, 0.3) is 0 Å². The molecule has 0 bridgehead atoms. The summed E-state index contributed by atoms with van der Waals surface area (Å²) in [4.78, 5) is 11.3. The van der Waals surface area contributed by atoms with E-state index in [1.54, 1.807) is 21.0 Å². The van der Waals surface area contributed by atoms with Gasteiger partial charge in [0.15, 0.2) is 0 Å². The molecule has 1 N–H and O–H groups in total. The Hall–Kier alpha value is -1.51. The van der Waals surface area contributed by atoms with Crippen molar-refractivity contribution in [3.8, 4) is 5.75 Å². The summed E-state index contributed by atoms with van der Waals surface area (Å²) in [5.41, 5.74) is 2.53. The van der Waals surface area contributed by atoms with E-state index in [4.69, 9.17) is 4.74 Å². The van der Waals surface area contributed by atoms with E-state index in [0.717, 1.165) is 22.4 Å². The smallest absolute Gasteiger partial charge is 0.309 e. The first-order chi connectivity index (χ1) is 8.69. The zero-order valence-electron chi connectivity index (χ0n) is 12.7. The van der Waals surface area contributed by atoms with Crippen LogP contribution in [-0.4, -0.2) is 18.2 Å². The van der Waals surface area contributed by atoms with E-state index in [9.17, 15) is 9.90 Å². The van der Waals surface area contributed by atoms with Crippen LogP contribution in [0, 0.1) is 12.3 Å². The van der Waals surface area contributed by atoms with Gasteiger partial charge < -0.3 is 9.84 Å². The second kappa shape index (κ2) is 5.64. The number of ether oxygens (including phenoxy) is 1. The van der Waals surface area contributed by atoms with Gasteiger partial charge in [-0.25, -0.2) is 0 Å². The summed E-state index contributed by atoms with van der Waals surface area (Å²) in [6.45, 7) is 9.74. The third-order valence-electron chi connectivity index (χ3n) is 3.52. The molecule has 1 aromatic rings. The number of hydrogen-bond donors (Lipinski definition) is 1. The highest BCUT2D eigenvalue weighted by Crippen LogP contribution is 2.32. The van der Waals surface area contributed by atoms with E-state index in [1.165, 1.54) is 0 Å². The van der Waals surface area contributed by atoms with Crippen molar-refractivity contribution >= 4 is 5.97 Å². The molecule has 3 nitrogen and oxygen atoms in total. The SMILES string of the molecule is COc1cc(C)c(CC(C)(C)C(=O)O)cc1C(C)C. The van der Waals surface area contributed by atoms with Crippen molar-refractivity contribution in [1.82, 2.24) is 0 Å². The van der Waals surface area contributed by atoms with Crippen LogP contribution in [0.15, 0.2) is 12.1 Å². The number of hydrogen-bond acceptors (Lipinski definition) is 2. The third kappa shape index (κ3) is 3.49. The molecule has 0 radical (unpaired) electrons. The summed E-state index contributed by atoms with van der Waals surface area (Å²) in [5, 5.41) is 9.25. The van der Waals surface area contributed by atoms with Crippen LogP contribution in [0.25, 0.3) is 0 Å². The average Bonchev–Trinajstić information content (AvgIpc) is 2.30. The fraction of sp³-hybridized carbons (Fsp3) is 0.562. The highest BCUT2D eigenvalue weighted by atomic mass is 16.5. The number of aryl methyl sites for hydroxylation is 1. The Morgan fingerprint density at radius 2 is 1.95 bits per heavy atom. The van der Waals surface area contributed by atoms with E-state index in [1.807, 2.05) is 13.0 Å². The molecule has 0 heterocycles. The van der Waals surface area contributed by atoms with Crippen molar-refractivity contribution in [2.75, 3.05) is 7.11 Å².